The van der Waals surface area contributed by atoms with Gasteiger partial charge < -0.3 is 10.6 Å². The van der Waals surface area contributed by atoms with Gasteiger partial charge in [-0.05, 0) is 24.1 Å². The van der Waals surface area contributed by atoms with Crippen molar-refractivity contribution in [3.8, 4) is 6.07 Å². The number of amides is 2. The highest BCUT2D eigenvalue weighted by atomic mass is 16.2. The number of hydrogen-bond donors (Lipinski definition) is 2. The van der Waals surface area contributed by atoms with Crippen LogP contribution >= 0.6 is 0 Å². The van der Waals surface area contributed by atoms with Crippen LogP contribution in [0.4, 0.5) is 0 Å². The summed E-state index contributed by atoms with van der Waals surface area (Å²) in [5, 5.41) is 14.0. The predicted octanol–water partition coefficient (Wildman–Crippen LogP) is 1.06. The lowest BCUT2D eigenvalue weighted by atomic mass is 10.1. The van der Waals surface area contributed by atoms with E-state index in [0.29, 0.717) is 23.6 Å². The van der Waals surface area contributed by atoms with Crippen molar-refractivity contribution < 1.29 is 9.59 Å². The van der Waals surface area contributed by atoms with E-state index in [1.807, 2.05) is 19.9 Å². The third kappa shape index (κ3) is 5.21. The molecule has 0 fully saturated rings. The van der Waals surface area contributed by atoms with Crippen LogP contribution in [0.3, 0.4) is 0 Å². The minimum absolute atomic E-state index is 0.0671. The number of nitrogens with one attached hydrogen (secondary N) is 2. The van der Waals surface area contributed by atoms with Crippen molar-refractivity contribution in [3.05, 3.63) is 35.4 Å². The van der Waals surface area contributed by atoms with Crippen LogP contribution in [0, 0.1) is 17.2 Å². The standard InChI is InChI=1S/C14H17N3O2/c1-10(2)8-16-13(18)9-17-14(19)12-5-3-4-11(6-12)7-15/h3-6,10H,8-9H2,1-2H3,(H,16,18)(H,17,19). The molecule has 0 heterocycles. The van der Waals surface area contributed by atoms with Crippen LogP contribution in [0.5, 0.6) is 0 Å². The van der Waals surface area contributed by atoms with E-state index >= 15 is 0 Å². The Labute approximate surface area is 112 Å². The molecule has 0 aromatic heterocycles. The van der Waals surface area contributed by atoms with Gasteiger partial charge in [0.15, 0.2) is 0 Å². The summed E-state index contributed by atoms with van der Waals surface area (Å²) in [5.41, 5.74) is 0.785. The Kier molecular flexibility index (Phi) is 5.55. The Balaban J connectivity index is 2.47. The molecule has 0 saturated heterocycles. The van der Waals surface area contributed by atoms with Gasteiger partial charge in [-0.25, -0.2) is 0 Å². The molecule has 0 radical (unpaired) electrons. The van der Waals surface area contributed by atoms with Gasteiger partial charge in [0.25, 0.3) is 5.91 Å². The maximum Gasteiger partial charge on any atom is 0.251 e. The quantitative estimate of drug-likeness (QED) is 0.829. The van der Waals surface area contributed by atoms with Crippen LogP contribution in [-0.2, 0) is 4.79 Å². The first kappa shape index (κ1) is 14.7. The Bertz CT molecular complexity index is 504. The van der Waals surface area contributed by atoms with Crippen LogP contribution in [-0.4, -0.2) is 24.9 Å². The molecule has 0 saturated carbocycles. The highest BCUT2D eigenvalue weighted by Crippen LogP contribution is 2.03. The Morgan fingerprint density at radius 3 is 2.68 bits per heavy atom. The zero-order valence-electron chi connectivity index (χ0n) is 11.1. The molecule has 0 aliphatic rings. The molecule has 0 bridgehead atoms. The number of carbonyl (C=O) groups is 2. The number of carbonyl (C=O) groups excluding carboxylic acids is 2. The molecule has 2 N–H and O–H groups in total. The minimum Gasteiger partial charge on any atom is -0.354 e. The minimum atomic E-state index is -0.364. The van der Waals surface area contributed by atoms with Crippen molar-refractivity contribution in [1.29, 1.82) is 5.26 Å². The summed E-state index contributed by atoms with van der Waals surface area (Å²) in [7, 11) is 0. The summed E-state index contributed by atoms with van der Waals surface area (Å²) in [5.74, 6) is -0.220. The SMILES string of the molecule is CC(C)CNC(=O)CNC(=O)c1cccc(C#N)c1. The third-order valence-electron chi connectivity index (χ3n) is 2.37. The van der Waals surface area contributed by atoms with E-state index < -0.39 is 0 Å². The van der Waals surface area contributed by atoms with E-state index in [0.717, 1.165) is 0 Å². The van der Waals surface area contributed by atoms with Crippen LogP contribution < -0.4 is 10.6 Å². The topological polar surface area (TPSA) is 82.0 Å². The maximum absolute atomic E-state index is 11.8. The van der Waals surface area contributed by atoms with Gasteiger partial charge in [0.05, 0.1) is 18.2 Å². The highest BCUT2D eigenvalue weighted by molar-refractivity contribution is 5.96. The van der Waals surface area contributed by atoms with Crippen molar-refractivity contribution in [2.75, 3.05) is 13.1 Å². The Morgan fingerprint density at radius 2 is 2.05 bits per heavy atom. The first-order valence-corrected chi connectivity index (χ1v) is 6.08. The smallest absolute Gasteiger partial charge is 0.251 e. The van der Waals surface area contributed by atoms with Crippen LogP contribution in [0.1, 0.15) is 29.8 Å². The molecule has 1 aromatic carbocycles. The van der Waals surface area contributed by atoms with Crippen molar-refractivity contribution >= 4 is 11.8 Å². The molecule has 100 valence electrons. The number of nitriles is 1. The summed E-state index contributed by atoms with van der Waals surface area (Å²) >= 11 is 0. The fourth-order valence-electron chi connectivity index (χ4n) is 1.37. The fraction of sp³-hybridized carbons (Fsp3) is 0.357. The fourth-order valence-corrected chi connectivity index (χ4v) is 1.37. The molecule has 0 atom stereocenters. The zero-order valence-corrected chi connectivity index (χ0v) is 11.1. The zero-order chi connectivity index (χ0) is 14.3. The molecule has 5 nitrogen and oxygen atoms in total. The Morgan fingerprint density at radius 1 is 1.32 bits per heavy atom. The summed E-state index contributed by atoms with van der Waals surface area (Å²) in [6, 6.07) is 8.30. The van der Waals surface area contributed by atoms with Gasteiger partial charge in [-0.1, -0.05) is 19.9 Å². The molecule has 1 aromatic rings. The monoisotopic (exact) mass is 259 g/mol. The summed E-state index contributed by atoms with van der Waals surface area (Å²) in [4.78, 5) is 23.2. The molecule has 2 amide bonds. The van der Waals surface area contributed by atoms with E-state index in [1.165, 1.54) is 6.07 Å². The normalized spacial score (nSPS) is 9.79. The molecule has 5 heteroatoms. The molecule has 0 spiro atoms. The van der Waals surface area contributed by atoms with E-state index in [2.05, 4.69) is 10.6 Å². The highest BCUT2D eigenvalue weighted by Gasteiger charge is 2.08. The van der Waals surface area contributed by atoms with Crippen molar-refractivity contribution in [2.24, 2.45) is 5.92 Å². The van der Waals surface area contributed by atoms with Crippen LogP contribution in [0.15, 0.2) is 24.3 Å². The summed E-state index contributed by atoms with van der Waals surface area (Å²) < 4.78 is 0. The van der Waals surface area contributed by atoms with E-state index in [9.17, 15) is 9.59 Å². The van der Waals surface area contributed by atoms with Crippen LogP contribution in [0.25, 0.3) is 0 Å². The average molecular weight is 259 g/mol. The van der Waals surface area contributed by atoms with Gasteiger partial charge in [0, 0.05) is 12.1 Å². The number of rotatable bonds is 5. The summed E-state index contributed by atoms with van der Waals surface area (Å²) in [6.07, 6.45) is 0. The largest absolute Gasteiger partial charge is 0.354 e. The molecule has 0 aliphatic heterocycles. The molecule has 0 unspecified atom stereocenters. The second-order valence-corrected chi connectivity index (χ2v) is 4.57. The number of benzene rings is 1. The van der Waals surface area contributed by atoms with Gasteiger partial charge in [0.2, 0.25) is 5.91 Å². The lowest BCUT2D eigenvalue weighted by Crippen LogP contribution is -2.38. The maximum atomic E-state index is 11.8. The lowest BCUT2D eigenvalue weighted by Gasteiger charge is -2.08. The summed E-state index contributed by atoms with van der Waals surface area (Å²) in [6.45, 7) is 4.50. The average Bonchev–Trinajstić information content (AvgIpc) is 2.42. The molecular formula is C14H17N3O2. The van der Waals surface area contributed by atoms with Crippen molar-refractivity contribution in [2.45, 2.75) is 13.8 Å². The second kappa shape index (κ2) is 7.17. The van der Waals surface area contributed by atoms with Crippen LogP contribution in [0.2, 0.25) is 0 Å². The first-order chi connectivity index (χ1) is 9.02. The number of hydrogen-bond acceptors (Lipinski definition) is 3. The molecule has 19 heavy (non-hydrogen) atoms. The van der Waals surface area contributed by atoms with Gasteiger partial charge in [-0.15, -0.1) is 0 Å². The van der Waals surface area contributed by atoms with Crippen molar-refractivity contribution in [3.63, 3.8) is 0 Å². The lowest BCUT2D eigenvalue weighted by molar-refractivity contribution is -0.120. The third-order valence-corrected chi connectivity index (χ3v) is 2.37. The van der Waals surface area contributed by atoms with E-state index in [-0.39, 0.29) is 18.4 Å². The number of nitrogens with zero attached hydrogens (tertiary/aromatic N) is 1. The van der Waals surface area contributed by atoms with E-state index in [1.54, 1.807) is 18.2 Å². The Hall–Kier alpha value is -2.35. The molecular weight excluding hydrogens is 242 g/mol. The van der Waals surface area contributed by atoms with Gasteiger partial charge in [0.1, 0.15) is 0 Å². The van der Waals surface area contributed by atoms with Crippen molar-refractivity contribution in [1.82, 2.24) is 10.6 Å². The van der Waals surface area contributed by atoms with Gasteiger partial charge in [-0.2, -0.15) is 5.26 Å². The predicted molar refractivity (Wildman–Crippen MR) is 71.3 cm³/mol. The molecule has 0 aliphatic carbocycles. The van der Waals surface area contributed by atoms with E-state index in [4.69, 9.17) is 5.26 Å². The second-order valence-electron chi connectivity index (χ2n) is 4.57. The van der Waals surface area contributed by atoms with Gasteiger partial charge >= 0.3 is 0 Å². The first-order valence-electron chi connectivity index (χ1n) is 6.08. The molecule has 1 rings (SSSR count). The van der Waals surface area contributed by atoms with Gasteiger partial charge in [-0.3, -0.25) is 9.59 Å².